The third-order valence-electron chi connectivity index (χ3n) is 6.13. The Morgan fingerprint density at radius 3 is 2.70 bits per heavy atom. The van der Waals surface area contributed by atoms with Crippen LogP contribution < -0.4 is 0 Å². The molecular formula is C25H22F2N4O2. The lowest BCUT2D eigenvalue weighted by molar-refractivity contribution is 0.0598. The van der Waals surface area contributed by atoms with Gasteiger partial charge < -0.3 is 9.32 Å². The SMILES string of the molecule is Cc1ccc(-c2ncccn2)c(C(=O)N2C[C@H](c3nc4cc(F)cc(F)c4o3)CC[C@H]2C)c1. The van der Waals surface area contributed by atoms with Crippen molar-refractivity contribution in [2.45, 2.75) is 38.6 Å². The van der Waals surface area contributed by atoms with Crippen LogP contribution in [-0.2, 0) is 0 Å². The molecule has 0 saturated carbocycles. The first-order valence-electron chi connectivity index (χ1n) is 10.8. The third-order valence-corrected chi connectivity index (χ3v) is 6.13. The number of hydrogen-bond donors (Lipinski definition) is 0. The van der Waals surface area contributed by atoms with E-state index in [9.17, 15) is 13.6 Å². The number of oxazole rings is 1. The van der Waals surface area contributed by atoms with Gasteiger partial charge in [-0.15, -0.1) is 0 Å². The molecule has 6 nitrogen and oxygen atoms in total. The number of rotatable bonds is 3. The van der Waals surface area contributed by atoms with E-state index in [0.717, 1.165) is 30.5 Å². The van der Waals surface area contributed by atoms with Gasteiger partial charge in [0, 0.05) is 42.7 Å². The second kappa shape index (κ2) is 8.35. The van der Waals surface area contributed by atoms with Crippen LogP contribution in [0.2, 0.25) is 0 Å². The summed E-state index contributed by atoms with van der Waals surface area (Å²) in [6.45, 7) is 4.30. The predicted molar refractivity (Wildman–Crippen MR) is 119 cm³/mol. The molecule has 2 atom stereocenters. The lowest BCUT2D eigenvalue weighted by Crippen LogP contribution is -2.45. The number of likely N-dealkylation sites (tertiary alicyclic amines) is 1. The third kappa shape index (κ3) is 3.97. The van der Waals surface area contributed by atoms with Crippen molar-refractivity contribution in [2.75, 3.05) is 6.54 Å². The number of aryl methyl sites for hydroxylation is 1. The summed E-state index contributed by atoms with van der Waals surface area (Å²) >= 11 is 0. The molecule has 4 aromatic rings. The fourth-order valence-electron chi connectivity index (χ4n) is 4.37. The van der Waals surface area contributed by atoms with Crippen LogP contribution in [-0.4, -0.2) is 38.3 Å². The zero-order valence-corrected chi connectivity index (χ0v) is 18.3. The maximum absolute atomic E-state index is 14.1. The van der Waals surface area contributed by atoms with Gasteiger partial charge in [0.15, 0.2) is 17.2 Å². The minimum absolute atomic E-state index is 0.00244. The highest BCUT2D eigenvalue weighted by Gasteiger charge is 2.34. The van der Waals surface area contributed by atoms with Gasteiger partial charge in [-0.1, -0.05) is 17.7 Å². The van der Waals surface area contributed by atoms with Crippen LogP contribution in [0.1, 0.15) is 47.5 Å². The Morgan fingerprint density at radius 1 is 1.12 bits per heavy atom. The first-order valence-corrected chi connectivity index (χ1v) is 10.8. The number of carbonyl (C=O) groups excluding carboxylic acids is 1. The van der Waals surface area contributed by atoms with Gasteiger partial charge in [0.25, 0.3) is 5.91 Å². The number of fused-ring (bicyclic) bond motifs is 1. The average molecular weight is 448 g/mol. The largest absolute Gasteiger partial charge is 0.437 e. The Balaban J connectivity index is 1.48. The number of benzene rings is 2. The summed E-state index contributed by atoms with van der Waals surface area (Å²) in [5, 5.41) is 0. The van der Waals surface area contributed by atoms with E-state index in [4.69, 9.17) is 4.42 Å². The first-order chi connectivity index (χ1) is 15.9. The molecule has 1 amide bonds. The predicted octanol–water partition coefficient (Wildman–Crippen LogP) is 5.28. The van der Waals surface area contributed by atoms with Gasteiger partial charge in [0.05, 0.1) is 11.5 Å². The van der Waals surface area contributed by atoms with Crippen LogP contribution in [0.3, 0.4) is 0 Å². The molecule has 3 heterocycles. The summed E-state index contributed by atoms with van der Waals surface area (Å²) in [7, 11) is 0. The molecule has 168 valence electrons. The number of hydrogen-bond acceptors (Lipinski definition) is 5. The molecule has 0 bridgehead atoms. The van der Waals surface area contributed by atoms with Crippen LogP contribution in [0.15, 0.2) is 53.2 Å². The van der Waals surface area contributed by atoms with Gasteiger partial charge in [0.1, 0.15) is 11.3 Å². The normalized spacial score (nSPS) is 18.6. The monoisotopic (exact) mass is 448 g/mol. The topological polar surface area (TPSA) is 72.1 Å². The van der Waals surface area contributed by atoms with Crippen LogP contribution in [0.4, 0.5) is 8.78 Å². The fraction of sp³-hybridized carbons (Fsp3) is 0.280. The van der Waals surface area contributed by atoms with Crippen molar-refractivity contribution in [2.24, 2.45) is 0 Å². The molecule has 0 radical (unpaired) electrons. The van der Waals surface area contributed by atoms with Crippen LogP contribution in [0, 0.1) is 18.6 Å². The second-order valence-electron chi connectivity index (χ2n) is 8.49. The van der Waals surface area contributed by atoms with Gasteiger partial charge in [-0.3, -0.25) is 4.79 Å². The number of aromatic nitrogens is 3. The molecule has 0 N–H and O–H groups in total. The van der Waals surface area contributed by atoms with Crippen molar-refractivity contribution >= 4 is 17.0 Å². The van der Waals surface area contributed by atoms with Crippen LogP contribution >= 0.6 is 0 Å². The lowest BCUT2D eigenvalue weighted by atomic mass is 9.92. The Labute approximate surface area is 189 Å². The smallest absolute Gasteiger partial charge is 0.254 e. The van der Waals surface area contributed by atoms with E-state index in [1.165, 1.54) is 0 Å². The molecule has 1 saturated heterocycles. The second-order valence-corrected chi connectivity index (χ2v) is 8.49. The van der Waals surface area contributed by atoms with Crippen LogP contribution in [0.25, 0.3) is 22.5 Å². The Hall–Kier alpha value is -3.68. The Kier molecular flexibility index (Phi) is 5.36. The Morgan fingerprint density at radius 2 is 1.91 bits per heavy atom. The highest BCUT2D eigenvalue weighted by Crippen LogP contribution is 2.34. The molecule has 0 unspecified atom stereocenters. The molecule has 2 aromatic heterocycles. The molecule has 33 heavy (non-hydrogen) atoms. The quantitative estimate of drug-likeness (QED) is 0.426. The van der Waals surface area contributed by atoms with Crippen molar-refractivity contribution in [3.05, 3.63) is 77.4 Å². The average Bonchev–Trinajstić information content (AvgIpc) is 3.24. The van der Waals surface area contributed by atoms with Gasteiger partial charge >= 0.3 is 0 Å². The summed E-state index contributed by atoms with van der Waals surface area (Å²) in [5.41, 5.74) is 2.22. The van der Waals surface area contributed by atoms with E-state index >= 15 is 0 Å². The van der Waals surface area contributed by atoms with Gasteiger partial charge in [-0.25, -0.2) is 23.7 Å². The molecule has 1 aliphatic heterocycles. The molecular weight excluding hydrogens is 426 g/mol. The van der Waals surface area contributed by atoms with E-state index in [0.29, 0.717) is 29.4 Å². The lowest BCUT2D eigenvalue weighted by Gasteiger charge is -2.37. The van der Waals surface area contributed by atoms with Crippen molar-refractivity contribution in [1.82, 2.24) is 19.9 Å². The molecule has 0 aliphatic carbocycles. The summed E-state index contributed by atoms with van der Waals surface area (Å²) in [6, 6.07) is 9.30. The fourth-order valence-corrected chi connectivity index (χ4v) is 4.37. The summed E-state index contributed by atoms with van der Waals surface area (Å²) in [6.07, 6.45) is 4.75. The van der Waals surface area contributed by atoms with E-state index < -0.39 is 11.6 Å². The maximum Gasteiger partial charge on any atom is 0.254 e. The number of nitrogens with zero attached hydrogens (tertiary/aromatic N) is 4. The van der Waals surface area contributed by atoms with E-state index in [-0.39, 0.29) is 29.0 Å². The van der Waals surface area contributed by atoms with Crippen molar-refractivity contribution < 1.29 is 18.0 Å². The van der Waals surface area contributed by atoms with Crippen molar-refractivity contribution in [3.63, 3.8) is 0 Å². The minimum atomic E-state index is -0.784. The van der Waals surface area contributed by atoms with E-state index in [1.807, 2.05) is 32.0 Å². The summed E-state index contributed by atoms with van der Waals surface area (Å²) in [4.78, 5) is 28.5. The molecule has 1 aliphatic rings. The minimum Gasteiger partial charge on any atom is -0.437 e. The zero-order chi connectivity index (χ0) is 23.1. The van der Waals surface area contributed by atoms with Gasteiger partial charge in [0.2, 0.25) is 5.89 Å². The van der Waals surface area contributed by atoms with Gasteiger partial charge in [-0.2, -0.15) is 0 Å². The molecule has 2 aromatic carbocycles. The summed E-state index contributed by atoms with van der Waals surface area (Å²) in [5.74, 6) is -1.04. The van der Waals surface area contributed by atoms with Crippen LogP contribution in [0.5, 0.6) is 0 Å². The molecule has 5 rings (SSSR count). The van der Waals surface area contributed by atoms with Crippen molar-refractivity contribution in [1.29, 1.82) is 0 Å². The first kappa shape index (κ1) is 21.2. The number of carbonyl (C=O) groups is 1. The Bertz CT molecular complexity index is 1340. The highest BCUT2D eigenvalue weighted by atomic mass is 19.1. The highest BCUT2D eigenvalue weighted by molar-refractivity contribution is 6.00. The molecule has 8 heteroatoms. The summed E-state index contributed by atoms with van der Waals surface area (Å²) < 4.78 is 33.4. The number of piperidine rings is 1. The molecule has 0 spiro atoms. The zero-order valence-electron chi connectivity index (χ0n) is 18.3. The maximum atomic E-state index is 14.1. The number of halogens is 2. The number of amides is 1. The van der Waals surface area contributed by atoms with E-state index in [2.05, 4.69) is 15.0 Å². The standard InChI is InChI=1S/C25H22F2N4O2/c1-14-4-7-18(23-28-8-3-9-29-23)19(10-14)25(32)31-13-16(6-5-15(31)2)24-30-21-12-17(26)11-20(27)22(21)33-24/h3-4,7-12,15-16H,5-6,13H2,1-2H3/t15-,16-/m1/s1. The van der Waals surface area contributed by atoms with Gasteiger partial charge in [-0.05, 0) is 38.8 Å². The molecule has 1 fully saturated rings. The van der Waals surface area contributed by atoms with Crippen molar-refractivity contribution in [3.8, 4) is 11.4 Å². The van der Waals surface area contributed by atoms with E-state index in [1.54, 1.807) is 23.4 Å².